The molecule has 1 N–H and O–H groups in total. The smallest absolute Gasteiger partial charge is 0.270 e. The summed E-state index contributed by atoms with van der Waals surface area (Å²) in [6.45, 7) is 9.46. The molecule has 1 aliphatic heterocycles. The van der Waals surface area contributed by atoms with E-state index in [1.165, 1.54) is 18.2 Å². The molecule has 0 saturated carbocycles. The van der Waals surface area contributed by atoms with Crippen molar-refractivity contribution in [1.82, 2.24) is 14.9 Å². The zero-order chi connectivity index (χ0) is 21.8. The van der Waals surface area contributed by atoms with Crippen LogP contribution < -0.4 is 10.2 Å². The maximum Gasteiger partial charge on any atom is 0.270 e. The molecule has 3 rings (SSSR count). The first kappa shape index (κ1) is 22.1. The summed E-state index contributed by atoms with van der Waals surface area (Å²) in [5.74, 6) is 1.90. The number of nitro groups is 1. The zero-order valence-corrected chi connectivity index (χ0v) is 18.8. The fraction of sp³-hybridized carbons (Fsp3) is 0.450. The third-order valence-electron chi connectivity index (χ3n) is 4.88. The lowest BCUT2D eigenvalue weighted by atomic mass is 10.2. The summed E-state index contributed by atoms with van der Waals surface area (Å²) in [6, 6.07) is 6.28. The van der Waals surface area contributed by atoms with Crippen molar-refractivity contribution >= 4 is 39.0 Å². The second-order valence-corrected chi connectivity index (χ2v) is 8.47. The highest BCUT2D eigenvalue weighted by atomic mass is 79.9. The van der Waals surface area contributed by atoms with Gasteiger partial charge in [-0.3, -0.25) is 19.8 Å². The number of piperazine rings is 1. The van der Waals surface area contributed by atoms with Gasteiger partial charge in [-0.25, -0.2) is 9.97 Å². The Morgan fingerprint density at radius 1 is 1.23 bits per heavy atom. The van der Waals surface area contributed by atoms with E-state index < -0.39 is 4.92 Å². The molecule has 1 saturated heterocycles. The fourth-order valence-corrected chi connectivity index (χ4v) is 3.71. The molecule has 2 aromatic rings. The van der Waals surface area contributed by atoms with Crippen molar-refractivity contribution < 1.29 is 9.72 Å². The van der Waals surface area contributed by atoms with Crippen molar-refractivity contribution in [3.63, 3.8) is 0 Å². The Kier molecular flexibility index (Phi) is 6.99. The molecule has 0 atom stereocenters. The predicted octanol–water partition coefficient (Wildman–Crippen LogP) is 3.34. The molecule has 9 nitrogen and oxygen atoms in total. The van der Waals surface area contributed by atoms with Crippen LogP contribution in [0.3, 0.4) is 0 Å². The molecule has 160 valence electrons. The number of anilines is 2. The van der Waals surface area contributed by atoms with Gasteiger partial charge in [-0.05, 0) is 28.9 Å². The molecule has 0 spiro atoms. The number of carbonyl (C=O) groups is 1. The van der Waals surface area contributed by atoms with Crippen LogP contribution in [0, 0.1) is 17.0 Å². The number of amides is 1. The van der Waals surface area contributed by atoms with Crippen molar-refractivity contribution in [2.24, 2.45) is 0 Å². The lowest BCUT2D eigenvalue weighted by Gasteiger charge is -2.35. The van der Waals surface area contributed by atoms with E-state index in [0.717, 1.165) is 43.5 Å². The number of nitro benzene ring substituents is 1. The van der Waals surface area contributed by atoms with E-state index in [-0.39, 0.29) is 24.1 Å². The van der Waals surface area contributed by atoms with Gasteiger partial charge in [0.15, 0.2) is 0 Å². The number of nitrogens with zero attached hydrogens (tertiary/aromatic N) is 5. The van der Waals surface area contributed by atoms with Gasteiger partial charge in [0.25, 0.3) is 5.69 Å². The Labute approximate surface area is 183 Å². The van der Waals surface area contributed by atoms with Gasteiger partial charge in [0, 0.05) is 60.5 Å². The number of aryl methyl sites for hydroxylation is 1. The minimum atomic E-state index is -0.473. The van der Waals surface area contributed by atoms with Crippen molar-refractivity contribution in [3.8, 4) is 0 Å². The van der Waals surface area contributed by atoms with Gasteiger partial charge in [0.2, 0.25) is 5.91 Å². The summed E-state index contributed by atoms with van der Waals surface area (Å²) in [4.78, 5) is 36.3. The molecule has 0 aliphatic carbocycles. The molecule has 1 aromatic carbocycles. The third-order valence-corrected chi connectivity index (χ3v) is 5.53. The highest BCUT2D eigenvalue weighted by Crippen LogP contribution is 2.27. The summed E-state index contributed by atoms with van der Waals surface area (Å²) < 4.78 is 0.481. The number of hydrogen-bond acceptors (Lipinski definition) is 7. The first-order valence-corrected chi connectivity index (χ1v) is 10.6. The van der Waals surface area contributed by atoms with Gasteiger partial charge in [0.05, 0.1) is 17.2 Å². The lowest BCUT2D eigenvalue weighted by molar-refractivity contribution is -0.384. The number of rotatable bonds is 6. The molecule has 0 radical (unpaired) electrons. The number of halogens is 1. The van der Waals surface area contributed by atoms with Gasteiger partial charge in [-0.2, -0.15) is 0 Å². The molecule has 0 bridgehead atoms. The van der Waals surface area contributed by atoms with E-state index in [0.29, 0.717) is 10.2 Å². The van der Waals surface area contributed by atoms with Gasteiger partial charge in [-0.15, -0.1) is 0 Å². The first-order chi connectivity index (χ1) is 14.2. The molecule has 1 aromatic heterocycles. The summed E-state index contributed by atoms with van der Waals surface area (Å²) in [7, 11) is 0. The minimum absolute atomic E-state index is 0.0309. The van der Waals surface area contributed by atoms with Crippen molar-refractivity contribution in [1.29, 1.82) is 0 Å². The van der Waals surface area contributed by atoms with Crippen LogP contribution >= 0.6 is 15.9 Å². The Balaban J connectivity index is 1.55. The summed E-state index contributed by atoms with van der Waals surface area (Å²) in [5.41, 5.74) is 1.44. The van der Waals surface area contributed by atoms with E-state index in [9.17, 15) is 14.9 Å². The van der Waals surface area contributed by atoms with Gasteiger partial charge >= 0.3 is 0 Å². The largest absolute Gasteiger partial charge is 0.354 e. The SMILES string of the molecule is Cc1cc(N2CCN(CC(=O)Nc3ccc([N+](=O)[O-])cc3Br)CC2)nc(C(C)C)n1. The molecule has 1 fully saturated rings. The van der Waals surface area contributed by atoms with Gasteiger partial charge in [0.1, 0.15) is 11.6 Å². The van der Waals surface area contributed by atoms with Crippen LogP contribution in [0.5, 0.6) is 0 Å². The van der Waals surface area contributed by atoms with E-state index >= 15 is 0 Å². The van der Waals surface area contributed by atoms with E-state index in [1.54, 1.807) is 0 Å². The number of carbonyl (C=O) groups excluding carboxylic acids is 1. The van der Waals surface area contributed by atoms with Gasteiger partial charge in [-0.1, -0.05) is 13.8 Å². The lowest BCUT2D eigenvalue weighted by Crippen LogP contribution is -2.49. The van der Waals surface area contributed by atoms with Gasteiger partial charge < -0.3 is 10.2 Å². The molecule has 1 aliphatic rings. The Morgan fingerprint density at radius 3 is 2.53 bits per heavy atom. The topological polar surface area (TPSA) is 104 Å². The van der Waals surface area contributed by atoms with Crippen LogP contribution in [0.1, 0.15) is 31.3 Å². The molecular weight excluding hydrogens is 452 g/mol. The quantitative estimate of drug-likeness (QED) is 0.503. The molecule has 0 unspecified atom stereocenters. The van der Waals surface area contributed by atoms with E-state index in [1.807, 2.05) is 13.0 Å². The van der Waals surface area contributed by atoms with Crippen molar-refractivity contribution in [2.45, 2.75) is 26.7 Å². The predicted molar refractivity (Wildman–Crippen MR) is 119 cm³/mol. The number of hydrogen-bond donors (Lipinski definition) is 1. The Bertz CT molecular complexity index is 944. The van der Waals surface area contributed by atoms with Crippen LogP contribution in [-0.2, 0) is 4.79 Å². The average molecular weight is 477 g/mol. The highest BCUT2D eigenvalue weighted by molar-refractivity contribution is 9.10. The minimum Gasteiger partial charge on any atom is -0.354 e. The second kappa shape index (κ2) is 9.48. The summed E-state index contributed by atoms with van der Waals surface area (Å²) >= 11 is 3.27. The van der Waals surface area contributed by atoms with Crippen LogP contribution in [0.2, 0.25) is 0 Å². The first-order valence-electron chi connectivity index (χ1n) is 9.79. The molecule has 2 heterocycles. The van der Waals surface area contributed by atoms with Crippen LogP contribution in [0.4, 0.5) is 17.2 Å². The molecule has 30 heavy (non-hydrogen) atoms. The van der Waals surface area contributed by atoms with E-state index in [2.05, 4.69) is 49.9 Å². The normalized spacial score (nSPS) is 14.8. The van der Waals surface area contributed by atoms with Crippen LogP contribution in [0.25, 0.3) is 0 Å². The zero-order valence-electron chi connectivity index (χ0n) is 17.3. The van der Waals surface area contributed by atoms with E-state index in [4.69, 9.17) is 4.98 Å². The molecule has 1 amide bonds. The van der Waals surface area contributed by atoms with Crippen molar-refractivity contribution in [3.05, 3.63) is 50.4 Å². The maximum atomic E-state index is 12.4. The highest BCUT2D eigenvalue weighted by Gasteiger charge is 2.21. The molecule has 10 heteroatoms. The standard InChI is InChI=1S/C20H25BrN6O3/c1-13(2)20-22-14(3)10-18(24-20)26-8-6-25(7-9-26)12-19(28)23-17-5-4-15(27(29)30)11-16(17)21/h4-5,10-11,13H,6-9,12H2,1-3H3,(H,23,28). The summed E-state index contributed by atoms with van der Waals surface area (Å²) in [5, 5.41) is 13.6. The summed E-state index contributed by atoms with van der Waals surface area (Å²) in [6.07, 6.45) is 0. The van der Waals surface area contributed by atoms with Crippen LogP contribution in [0.15, 0.2) is 28.7 Å². The fourth-order valence-electron chi connectivity index (χ4n) is 3.24. The number of non-ortho nitro benzene ring substituents is 1. The van der Waals surface area contributed by atoms with Crippen LogP contribution in [-0.4, -0.2) is 58.4 Å². The monoisotopic (exact) mass is 476 g/mol. The number of aromatic nitrogens is 2. The Hall–Kier alpha value is -2.59. The second-order valence-electron chi connectivity index (χ2n) is 7.61. The number of benzene rings is 1. The molecular formula is C20H25BrN6O3. The third kappa shape index (κ3) is 5.51. The maximum absolute atomic E-state index is 12.4. The average Bonchev–Trinajstić information content (AvgIpc) is 2.69. The van der Waals surface area contributed by atoms with Crippen molar-refractivity contribution in [2.75, 3.05) is 42.9 Å². The number of nitrogens with one attached hydrogen (secondary N) is 1. The Morgan fingerprint density at radius 2 is 1.93 bits per heavy atom.